The van der Waals surface area contributed by atoms with Crippen LogP contribution in [0.15, 0.2) is 30.3 Å². The highest BCUT2D eigenvalue weighted by atomic mass is 32.1. The number of nitrogens with zero attached hydrogens (tertiary/aromatic N) is 2. The quantitative estimate of drug-likeness (QED) is 0.788. The van der Waals surface area contributed by atoms with Gasteiger partial charge in [-0.25, -0.2) is 4.79 Å². The van der Waals surface area contributed by atoms with Crippen LogP contribution in [-0.4, -0.2) is 27.2 Å². The van der Waals surface area contributed by atoms with Crippen molar-refractivity contribution in [3.8, 4) is 0 Å². The molecular formula is C13H8N2O4S. The number of benzene rings is 1. The summed E-state index contributed by atoms with van der Waals surface area (Å²) in [5.41, 5.74) is 1.13. The zero-order valence-electron chi connectivity index (χ0n) is 10.3. The average molecular weight is 288 g/mol. The van der Waals surface area contributed by atoms with Crippen LogP contribution < -0.4 is 0 Å². The highest BCUT2D eigenvalue weighted by Crippen LogP contribution is 2.23. The minimum absolute atomic E-state index is 0.228. The van der Waals surface area contributed by atoms with Gasteiger partial charge in [0.25, 0.3) is 11.8 Å². The lowest BCUT2D eigenvalue weighted by Crippen LogP contribution is -2.32. The Labute approximate surface area is 117 Å². The average Bonchev–Trinajstić information content (AvgIpc) is 2.98. The van der Waals surface area contributed by atoms with Crippen LogP contribution in [0.5, 0.6) is 0 Å². The van der Waals surface area contributed by atoms with Gasteiger partial charge in [-0.05, 0) is 36.7 Å². The fourth-order valence-corrected chi connectivity index (χ4v) is 2.47. The minimum Gasteiger partial charge on any atom is -0.323 e. The van der Waals surface area contributed by atoms with Gasteiger partial charge in [-0.2, -0.15) is 4.37 Å². The van der Waals surface area contributed by atoms with Crippen molar-refractivity contribution in [2.45, 2.75) is 6.92 Å². The molecule has 1 aromatic carbocycles. The molecule has 0 saturated heterocycles. The second kappa shape index (κ2) is 4.53. The van der Waals surface area contributed by atoms with Gasteiger partial charge >= 0.3 is 5.97 Å². The Bertz CT molecular complexity index is 702. The van der Waals surface area contributed by atoms with Gasteiger partial charge in [-0.3, -0.25) is 9.59 Å². The fraction of sp³-hybridized carbons (Fsp3) is 0.0769. The zero-order valence-corrected chi connectivity index (χ0v) is 11.1. The molecule has 3 rings (SSSR count). The van der Waals surface area contributed by atoms with Gasteiger partial charge < -0.3 is 4.84 Å². The van der Waals surface area contributed by atoms with Gasteiger partial charge in [-0.15, -0.1) is 0 Å². The summed E-state index contributed by atoms with van der Waals surface area (Å²) < 4.78 is 3.94. The third-order valence-corrected chi connectivity index (χ3v) is 3.62. The Morgan fingerprint density at radius 2 is 1.80 bits per heavy atom. The highest BCUT2D eigenvalue weighted by Gasteiger charge is 2.38. The van der Waals surface area contributed by atoms with Crippen LogP contribution in [0.1, 0.15) is 36.1 Å². The van der Waals surface area contributed by atoms with E-state index in [1.54, 1.807) is 19.1 Å². The van der Waals surface area contributed by atoms with Crippen molar-refractivity contribution in [2.75, 3.05) is 0 Å². The number of hydroxylamine groups is 2. The molecule has 20 heavy (non-hydrogen) atoms. The Morgan fingerprint density at radius 1 is 1.20 bits per heavy atom. The Balaban J connectivity index is 1.85. The van der Waals surface area contributed by atoms with Crippen molar-refractivity contribution in [1.82, 2.24) is 9.44 Å². The van der Waals surface area contributed by atoms with Crippen LogP contribution in [0, 0.1) is 6.92 Å². The summed E-state index contributed by atoms with van der Waals surface area (Å²) in [5, 5.41) is 0.488. The highest BCUT2D eigenvalue weighted by molar-refractivity contribution is 7.08. The van der Waals surface area contributed by atoms with E-state index in [-0.39, 0.29) is 16.0 Å². The lowest BCUT2D eigenvalue weighted by Gasteiger charge is -2.11. The molecule has 1 aliphatic rings. The normalized spacial score (nSPS) is 13.6. The number of imide groups is 1. The summed E-state index contributed by atoms with van der Waals surface area (Å²) in [6.45, 7) is 1.73. The van der Waals surface area contributed by atoms with E-state index in [4.69, 9.17) is 4.84 Å². The van der Waals surface area contributed by atoms with Crippen molar-refractivity contribution in [2.24, 2.45) is 0 Å². The Hall–Kier alpha value is -2.54. The van der Waals surface area contributed by atoms with E-state index in [0.717, 1.165) is 11.5 Å². The molecule has 0 atom stereocenters. The molecule has 0 bridgehead atoms. The monoisotopic (exact) mass is 288 g/mol. The molecule has 1 aliphatic heterocycles. The smallest absolute Gasteiger partial charge is 0.323 e. The first-order valence-electron chi connectivity index (χ1n) is 5.71. The fourth-order valence-electron chi connectivity index (χ4n) is 1.84. The van der Waals surface area contributed by atoms with Crippen molar-refractivity contribution in [3.05, 3.63) is 52.0 Å². The molecule has 0 unspecified atom stereocenters. The van der Waals surface area contributed by atoms with E-state index in [1.165, 1.54) is 18.2 Å². The van der Waals surface area contributed by atoms with Gasteiger partial charge in [0, 0.05) is 0 Å². The largest absolute Gasteiger partial charge is 0.375 e. The summed E-state index contributed by atoms with van der Waals surface area (Å²) in [6.07, 6.45) is 0. The summed E-state index contributed by atoms with van der Waals surface area (Å²) in [6, 6.07) is 7.84. The molecule has 1 aromatic heterocycles. The molecule has 6 nitrogen and oxygen atoms in total. The number of amides is 2. The summed E-state index contributed by atoms with van der Waals surface area (Å²) in [4.78, 5) is 41.0. The number of aryl methyl sites for hydroxylation is 1. The number of rotatable bonds is 2. The molecule has 0 fully saturated rings. The lowest BCUT2D eigenvalue weighted by molar-refractivity contribution is -0.0581. The predicted molar refractivity (Wildman–Crippen MR) is 69.2 cm³/mol. The molecule has 0 N–H and O–H groups in total. The van der Waals surface area contributed by atoms with Gasteiger partial charge in [0.05, 0.1) is 16.8 Å². The van der Waals surface area contributed by atoms with E-state index in [9.17, 15) is 14.4 Å². The van der Waals surface area contributed by atoms with E-state index in [2.05, 4.69) is 4.37 Å². The van der Waals surface area contributed by atoms with Crippen LogP contribution in [0.3, 0.4) is 0 Å². The summed E-state index contributed by atoms with van der Waals surface area (Å²) >= 11 is 0.954. The maximum atomic E-state index is 12.0. The Kier molecular flexibility index (Phi) is 2.83. The molecule has 0 radical (unpaired) electrons. The second-order valence-corrected chi connectivity index (χ2v) is 4.97. The number of fused-ring (bicyclic) bond motifs is 1. The number of hydrogen-bond donors (Lipinski definition) is 0. The number of carbonyl (C=O) groups is 3. The van der Waals surface area contributed by atoms with E-state index in [1.807, 2.05) is 0 Å². The van der Waals surface area contributed by atoms with Crippen molar-refractivity contribution < 1.29 is 19.2 Å². The maximum absolute atomic E-state index is 12.0. The number of hydrogen-bond acceptors (Lipinski definition) is 6. The molecule has 0 spiro atoms. The summed E-state index contributed by atoms with van der Waals surface area (Å²) in [7, 11) is 0. The van der Waals surface area contributed by atoms with Gasteiger partial charge in [0.2, 0.25) is 0 Å². The van der Waals surface area contributed by atoms with E-state index in [0.29, 0.717) is 10.8 Å². The summed E-state index contributed by atoms with van der Waals surface area (Å²) in [5.74, 6) is -2.05. The molecule has 0 aliphatic carbocycles. The zero-order chi connectivity index (χ0) is 14.3. The van der Waals surface area contributed by atoms with E-state index >= 15 is 0 Å². The maximum Gasteiger partial charge on any atom is 0.375 e. The first-order valence-corrected chi connectivity index (χ1v) is 6.48. The molecule has 2 heterocycles. The minimum atomic E-state index is -0.773. The molecule has 7 heteroatoms. The molecule has 0 saturated carbocycles. The SMILES string of the molecule is Cc1cc(C(=O)ON2C(=O)c3ccccc3C2=O)sn1. The standard InChI is InChI=1S/C13H8N2O4S/c1-7-6-10(20-14-7)13(18)19-15-11(16)8-4-2-3-5-9(8)12(15)17/h2-6H,1H3. The van der Waals surface area contributed by atoms with Gasteiger partial charge in [0.1, 0.15) is 4.88 Å². The van der Waals surface area contributed by atoms with Crippen molar-refractivity contribution in [1.29, 1.82) is 0 Å². The molecule has 2 amide bonds. The first-order chi connectivity index (χ1) is 9.58. The third-order valence-electron chi connectivity index (χ3n) is 2.76. The van der Waals surface area contributed by atoms with Crippen molar-refractivity contribution >= 4 is 29.3 Å². The van der Waals surface area contributed by atoms with Gasteiger partial charge in [-0.1, -0.05) is 17.2 Å². The van der Waals surface area contributed by atoms with Crippen LogP contribution in [0.25, 0.3) is 0 Å². The molecule has 100 valence electrons. The second-order valence-electron chi connectivity index (χ2n) is 4.16. The van der Waals surface area contributed by atoms with Crippen LogP contribution in [0.2, 0.25) is 0 Å². The van der Waals surface area contributed by atoms with Crippen LogP contribution >= 0.6 is 11.5 Å². The Morgan fingerprint density at radius 3 is 2.30 bits per heavy atom. The van der Waals surface area contributed by atoms with Crippen LogP contribution in [-0.2, 0) is 4.84 Å². The number of aromatic nitrogens is 1. The third kappa shape index (κ3) is 1.88. The number of carbonyl (C=O) groups excluding carboxylic acids is 3. The van der Waals surface area contributed by atoms with Crippen LogP contribution in [0.4, 0.5) is 0 Å². The van der Waals surface area contributed by atoms with Crippen molar-refractivity contribution in [3.63, 3.8) is 0 Å². The molecule has 2 aromatic rings. The lowest BCUT2D eigenvalue weighted by atomic mass is 10.1. The first kappa shape index (κ1) is 12.5. The van der Waals surface area contributed by atoms with Gasteiger partial charge in [0.15, 0.2) is 0 Å². The predicted octanol–water partition coefficient (Wildman–Crippen LogP) is 1.82. The topological polar surface area (TPSA) is 76.6 Å². The van der Waals surface area contributed by atoms with E-state index < -0.39 is 17.8 Å². The molecular weight excluding hydrogens is 280 g/mol.